The van der Waals surface area contributed by atoms with Gasteiger partial charge in [0.1, 0.15) is 5.82 Å². The van der Waals surface area contributed by atoms with Gasteiger partial charge in [-0.05, 0) is 42.4 Å². The van der Waals surface area contributed by atoms with Crippen molar-refractivity contribution >= 4 is 28.5 Å². The minimum Gasteiger partial charge on any atom is -0.324 e. The average molecular weight is 405 g/mol. The van der Waals surface area contributed by atoms with Crippen LogP contribution in [0, 0.1) is 0 Å². The molecule has 2 aliphatic heterocycles. The van der Waals surface area contributed by atoms with Crippen LogP contribution in [0.1, 0.15) is 17.5 Å². The number of nitrogens with zero attached hydrogens (tertiary/aromatic N) is 6. The van der Waals surface area contributed by atoms with E-state index in [0.29, 0.717) is 5.95 Å². The average Bonchev–Trinajstić information content (AvgIpc) is 3.35. The molecule has 0 spiro atoms. The van der Waals surface area contributed by atoms with Gasteiger partial charge in [-0.1, -0.05) is 6.07 Å². The number of anilines is 2. The van der Waals surface area contributed by atoms with E-state index < -0.39 is 0 Å². The van der Waals surface area contributed by atoms with E-state index in [4.69, 9.17) is 0 Å². The largest absolute Gasteiger partial charge is 0.324 e. The summed E-state index contributed by atoms with van der Waals surface area (Å²) in [5.74, 6) is 1.51. The number of hydrazone groups is 1. The molecule has 8 heteroatoms. The molecule has 2 aliphatic rings. The standard InChI is InChI=1S/C22H28N8/c1-28-9-11-30(12-10-28)15-16-5-7-23-21(13-16)26-22-24-19-4-3-17(14-20(19)25-22)18-6-8-29(2)27-18/h3-5,7,13-14H,6,8-12,15H2,1-2H3,(H2,23,24,25,26). The monoisotopic (exact) mass is 404 g/mol. The Bertz CT molecular complexity index is 1060. The van der Waals surface area contributed by atoms with Crippen LogP contribution in [0.5, 0.6) is 0 Å². The van der Waals surface area contributed by atoms with E-state index in [0.717, 1.165) is 73.8 Å². The maximum absolute atomic E-state index is 4.67. The van der Waals surface area contributed by atoms with Gasteiger partial charge in [-0.15, -0.1) is 0 Å². The molecule has 2 aromatic heterocycles. The third kappa shape index (κ3) is 4.15. The lowest BCUT2D eigenvalue weighted by atomic mass is 10.1. The van der Waals surface area contributed by atoms with E-state index >= 15 is 0 Å². The fourth-order valence-corrected chi connectivity index (χ4v) is 4.05. The van der Waals surface area contributed by atoms with Crippen LogP contribution in [0.3, 0.4) is 0 Å². The molecule has 0 bridgehead atoms. The first-order valence-corrected chi connectivity index (χ1v) is 10.5. The number of pyridine rings is 1. The van der Waals surface area contributed by atoms with Gasteiger partial charge in [0.15, 0.2) is 0 Å². The van der Waals surface area contributed by atoms with Crippen molar-refractivity contribution in [3.8, 4) is 0 Å². The van der Waals surface area contributed by atoms with Gasteiger partial charge < -0.3 is 15.2 Å². The van der Waals surface area contributed by atoms with Gasteiger partial charge in [-0.25, -0.2) is 9.97 Å². The molecule has 1 saturated heterocycles. The number of H-pyrrole nitrogens is 1. The zero-order chi connectivity index (χ0) is 20.5. The lowest BCUT2D eigenvalue weighted by Gasteiger charge is -2.32. The number of nitrogens with one attached hydrogen (secondary N) is 2. The minimum absolute atomic E-state index is 0.705. The summed E-state index contributed by atoms with van der Waals surface area (Å²) in [4.78, 5) is 17.4. The molecule has 0 radical (unpaired) electrons. The van der Waals surface area contributed by atoms with Crippen LogP contribution in [0.15, 0.2) is 41.6 Å². The molecule has 3 aromatic rings. The first kappa shape index (κ1) is 19.0. The van der Waals surface area contributed by atoms with E-state index in [2.05, 4.69) is 66.5 Å². The van der Waals surface area contributed by atoms with Crippen LogP contribution in [0.2, 0.25) is 0 Å². The normalized spacial score (nSPS) is 18.2. The van der Waals surface area contributed by atoms with E-state index in [-0.39, 0.29) is 0 Å². The second kappa shape index (κ2) is 8.04. The second-order valence-electron chi connectivity index (χ2n) is 8.25. The Morgan fingerprint density at radius 2 is 1.90 bits per heavy atom. The summed E-state index contributed by atoms with van der Waals surface area (Å²) < 4.78 is 0. The molecule has 4 heterocycles. The van der Waals surface area contributed by atoms with Gasteiger partial charge in [0.05, 0.1) is 16.7 Å². The molecular weight excluding hydrogens is 376 g/mol. The lowest BCUT2D eigenvalue weighted by Crippen LogP contribution is -2.43. The lowest BCUT2D eigenvalue weighted by molar-refractivity contribution is 0.148. The SMILES string of the molecule is CN1CCN(Cc2ccnc(Nc3nc4ccc(C5=NN(C)CC5)cc4[nH]3)c2)CC1. The van der Waals surface area contributed by atoms with E-state index in [1.54, 1.807) is 0 Å². The van der Waals surface area contributed by atoms with Crippen LogP contribution in [-0.4, -0.2) is 82.3 Å². The Hall–Kier alpha value is -2.97. The van der Waals surface area contributed by atoms with Crippen molar-refractivity contribution in [3.63, 3.8) is 0 Å². The quantitative estimate of drug-likeness (QED) is 0.681. The van der Waals surface area contributed by atoms with Crippen molar-refractivity contribution in [1.29, 1.82) is 0 Å². The molecule has 0 amide bonds. The van der Waals surface area contributed by atoms with Gasteiger partial charge in [0, 0.05) is 58.9 Å². The highest BCUT2D eigenvalue weighted by Gasteiger charge is 2.15. The molecule has 2 N–H and O–H groups in total. The van der Waals surface area contributed by atoms with Crippen molar-refractivity contribution in [2.75, 3.05) is 52.1 Å². The summed E-state index contributed by atoms with van der Waals surface area (Å²) in [7, 11) is 4.19. The summed E-state index contributed by atoms with van der Waals surface area (Å²) in [6.07, 6.45) is 2.84. The Morgan fingerprint density at radius 3 is 2.70 bits per heavy atom. The number of hydrogen-bond donors (Lipinski definition) is 2. The van der Waals surface area contributed by atoms with Crippen molar-refractivity contribution in [2.24, 2.45) is 5.10 Å². The number of hydrogen-bond acceptors (Lipinski definition) is 7. The molecule has 1 fully saturated rings. The maximum atomic E-state index is 4.67. The van der Waals surface area contributed by atoms with Gasteiger partial charge in [-0.2, -0.15) is 5.10 Å². The second-order valence-corrected chi connectivity index (χ2v) is 8.25. The number of imidazole rings is 1. The van der Waals surface area contributed by atoms with Crippen molar-refractivity contribution in [3.05, 3.63) is 47.7 Å². The third-order valence-corrected chi connectivity index (χ3v) is 5.85. The highest BCUT2D eigenvalue weighted by molar-refractivity contribution is 6.03. The number of benzene rings is 1. The zero-order valence-electron chi connectivity index (χ0n) is 17.6. The van der Waals surface area contributed by atoms with E-state index in [9.17, 15) is 0 Å². The Morgan fingerprint density at radius 1 is 1.03 bits per heavy atom. The Kier molecular flexibility index (Phi) is 5.10. The molecule has 1 aromatic carbocycles. The van der Waals surface area contributed by atoms with Crippen molar-refractivity contribution in [2.45, 2.75) is 13.0 Å². The first-order valence-electron chi connectivity index (χ1n) is 10.5. The van der Waals surface area contributed by atoms with Gasteiger partial charge in [0.2, 0.25) is 5.95 Å². The zero-order valence-corrected chi connectivity index (χ0v) is 17.6. The first-order chi connectivity index (χ1) is 14.6. The smallest absolute Gasteiger partial charge is 0.206 e. The number of likely N-dealkylation sites (N-methyl/N-ethyl adjacent to an activating group) is 1. The fourth-order valence-electron chi connectivity index (χ4n) is 4.05. The molecular formula is C22H28N8. The number of fused-ring (bicyclic) bond motifs is 1. The summed E-state index contributed by atoms with van der Waals surface area (Å²) in [6.45, 7) is 6.38. The Labute approximate surface area is 176 Å². The highest BCUT2D eigenvalue weighted by Crippen LogP contribution is 2.21. The van der Waals surface area contributed by atoms with Crippen LogP contribution in [-0.2, 0) is 6.54 Å². The topological polar surface area (TPSA) is 75.7 Å². The van der Waals surface area contributed by atoms with Crippen molar-refractivity contribution in [1.82, 2.24) is 29.8 Å². The van der Waals surface area contributed by atoms with Crippen LogP contribution in [0.4, 0.5) is 11.8 Å². The Balaban J connectivity index is 1.30. The fraction of sp³-hybridized carbons (Fsp3) is 0.409. The summed E-state index contributed by atoms with van der Waals surface area (Å²) in [5, 5.41) is 9.90. The molecule has 30 heavy (non-hydrogen) atoms. The minimum atomic E-state index is 0.705. The van der Waals surface area contributed by atoms with E-state index in [1.165, 1.54) is 5.56 Å². The maximum Gasteiger partial charge on any atom is 0.206 e. The number of rotatable bonds is 5. The van der Waals surface area contributed by atoms with Crippen LogP contribution < -0.4 is 5.32 Å². The van der Waals surface area contributed by atoms with Gasteiger partial charge in [0.25, 0.3) is 0 Å². The molecule has 156 valence electrons. The highest BCUT2D eigenvalue weighted by atomic mass is 15.5. The van der Waals surface area contributed by atoms with Gasteiger partial charge in [-0.3, -0.25) is 9.91 Å². The third-order valence-electron chi connectivity index (χ3n) is 5.85. The number of piperazine rings is 1. The molecule has 5 rings (SSSR count). The molecule has 0 saturated carbocycles. The summed E-state index contributed by atoms with van der Waals surface area (Å²) in [6, 6.07) is 10.5. The molecule has 8 nitrogen and oxygen atoms in total. The van der Waals surface area contributed by atoms with E-state index in [1.807, 2.05) is 24.3 Å². The predicted molar refractivity (Wildman–Crippen MR) is 120 cm³/mol. The molecule has 0 aliphatic carbocycles. The van der Waals surface area contributed by atoms with Gasteiger partial charge >= 0.3 is 0 Å². The predicted octanol–water partition coefficient (Wildman–Crippen LogP) is 2.49. The van der Waals surface area contributed by atoms with Crippen LogP contribution >= 0.6 is 0 Å². The van der Waals surface area contributed by atoms with Crippen LogP contribution in [0.25, 0.3) is 11.0 Å². The summed E-state index contributed by atoms with van der Waals surface area (Å²) in [5.41, 5.74) is 5.47. The molecule has 0 unspecified atom stereocenters. The number of aromatic amines is 1. The number of aromatic nitrogens is 3. The molecule has 0 atom stereocenters. The summed E-state index contributed by atoms with van der Waals surface area (Å²) >= 11 is 0. The van der Waals surface area contributed by atoms with Crippen molar-refractivity contribution < 1.29 is 0 Å².